The maximum Gasteiger partial charge on any atom is 0.338 e. The highest BCUT2D eigenvalue weighted by molar-refractivity contribution is 6.31. The van der Waals surface area contributed by atoms with Crippen LogP contribution in [0.4, 0.5) is 5.69 Å². The van der Waals surface area contributed by atoms with E-state index < -0.39 is 5.97 Å². The number of ether oxygens (including phenoxy) is 1. The summed E-state index contributed by atoms with van der Waals surface area (Å²) in [6.45, 7) is 0.0691. The highest BCUT2D eigenvalue weighted by Gasteiger charge is 2.09. The Hall–Kier alpha value is -2.20. The highest BCUT2D eigenvalue weighted by Crippen LogP contribution is 2.18. The lowest BCUT2D eigenvalue weighted by Crippen LogP contribution is -2.06. The quantitative estimate of drug-likeness (QED) is 0.668. The van der Waals surface area contributed by atoms with Crippen molar-refractivity contribution in [1.82, 2.24) is 0 Å². The van der Waals surface area contributed by atoms with Crippen LogP contribution in [0.15, 0.2) is 42.5 Å². The van der Waals surface area contributed by atoms with E-state index in [0.29, 0.717) is 21.8 Å². The van der Waals surface area contributed by atoms with Crippen LogP contribution in [-0.4, -0.2) is 11.1 Å². The minimum absolute atomic E-state index is 0.0691. The first-order valence-corrected chi connectivity index (χ1v) is 5.93. The first kappa shape index (κ1) is 13.2. The summed E-state index contributed by atoms with van der Waals surface area (Å²) in [5.74, 6) is -0.391. The molecule has 3 N–H and O–H groups in total. The fourth-order valence-electron chi connectivity index (χ4n) is 1.61. The predicted molar refractivity (Wildman–Crippen MR) is 73.1 cm³/mol. The van der Waals surface area contributed by atoms with Crippen molar-refractivity contribution in [2.75, 3.05) is 5.73 Å². The summed E-state index contributed by atoms with van der Waals surface area (Å²) in [5, 5.41) is 9.67. The predicted octanol–water partition coefficient (Wildman–Crippen LogP) is 2.98. The van der Waals surface area contributed by atoms with Crippen molar-refractivity contribution >= 4 is 23.3 Å². The molecule has 2 rings (SSSR count). The van der Waals surface area contributed by atoms with Crippen LogP contribution in [0.3, 0.4) is 0 Å². The zero-order valence-corrected chi connectivity index (χ0v) is 10.7. The van der Waals surface area contributed by atoms with Crippen molar-refractivity contribution in [2.45, 2.75) is 6.61 Å². The molecule has 0 saturated carbocycles. The van der Waals surface area contributed by atoms with Gasteiger partial charge in [-0.3, -0.25) is 0 Å². The third-order valence-corrected chi connectivity index (χ3v) is 2.65. The number of phenolic OH excluding ortho intramolecular Hbond substituents is 1. The van der Waals surface area contributed by atoms with Gasteiger partial charge in [0.15, 0.2) is 0 Å². The Morgan fingerprint density at radius 3 is 2.74 bits per heavy atom. The van der Waals surface area contributed by atoms with Gasteiger partial charge >= 0.3 is 5.97 Å². The number of carbonyl (C=O) groups excluding carboxylic acids is 1. The van der Waals surface area contributed by atoms with E-state index in [1.807, 2.05) is 0 Å². The monoisotopic (exact) mass is 277 g/mol. The van der Waals surface area contributed by atoms with Crippen molar-refractivity contribution in [1.29, 1.82) is 0 Å². The Morgan fingerprint density at radius 2 is 2.05 bits per heavy atom. The number of nitrogens with two attached hydrogens (primary N) is 1. The van der Waals surface area contributed by atoms with Gasteiger partial charge in [-0.25, -0.2) is 4.79 Å². The molecular weight excluding hydrogens is 266 g/mol. The lowest BCUT2D eigenvalue weighted by molar-refractivity contribution is 0.0472. The number of nitrogen functional groups attached to an aromatic ring is 1. The number of esters is 1. The standard InChI is InChI=1S/C14H12ClNO3/c15-11-5-10(6-12(16)7-11)14(18)19-8-9-2-1-3-13(17)4-9/h1-7,17H,8,16H2. The van der Waals surface area contributed by atoms with Gasteiger partial charge in [-0.15, -0.1) is 0 Å². The second kappa shape index (κ2) is 5.63. The maximum absolute atomic E-state index is 11.8. The molecule has 5 heteroatoms. The molecule has 0 aliphatic carbocycles. The molecule has 0 heterocycles. The van der Waals surface area contributed by atoms with E-state index in [9.17, 15) is 9.90 Å². The molecule has 0 atom stereocenters. The first-order chi connectivity index (χ1) is 9.04. The number of anilines is 1. The summed E-state index contributed by atoms with van der Waals surface area (Å²) in [5.41, 5.74) is 6.99. The van der Waals surface area contributed by atoms with Crippen molar-refractivity contribution < 1.29 is 14.6 Å². The summed E-state index contributed by atoms with van der Waals surface area (Å²) >= 11 is 5.81. The van der Waals surface area contributed by atoms with E-state index in [4.69, 9.17) is 22.1 Å². The van der Waals surface area contributed by atoms with E-state index >= 15 is 0 Å². The average molecular weight is 278 g/mol. The van der Waals surface area contributed by atoms with Crippen molar-refractivity contribution in [3.8, 4) is 5.75 Å². The van der Waals surface area contributed by atoms with Gasteiger partial charge in [0.2, 0.25) is 0 Å². The molecule has 0 spiro atoms. The Bertz CT molecular complexity index is 593. The molecule has 0 aliphatic rings. The van der Waals surface area contributed by atoms with E-state index in [-0.39, 0.29) is 12.4 Å². The van der Waals surface area contributed by atoms with Gasteiger partial charge in [0.1, 0.15) is 12.4 Å². The Kier molecular flexibility index (Phi) is 3.92. The van der Waals surface area contributed by atoms with E-state index in [0.717, 1.165) is 0 Å². The molecule has 2 aromatic rings. The molecule has 4 nitrogen and oxygen atoms in total. The SMILES string of the molecule is Nc1cc(Cl)cc(C(=O)OCc2cccc(O)c2)c1. The normalized spacial score (nSPS) is 10.2. The Labute approximate surface area is 115 Å². The van der Waals surface area contributed by atoms with Crippen LogP contribution < -0.4 is 5.73 Å². The van der Waals surface area contributed by atoms with Gasteiger partial charge < -0.3 is 15.6 Å². The third kappa shape index (κ3) is 3.63. The number of halogens is 1. The van der Waals surface area contributed by atoms with Gasteiger partial charge in [-0.05, 0) is 35.9 Å². The number of hydrogen-bond donors (Lipinski definition) is 2. The highest BCUT2D eigenvalue weighted by atomic mass is 35.5. The second-order valence-corrected chi connectivity index (χ2v) is 4.46. The molecular formula is C14H12ClNO3. The summed E-state index contributed by atoms with van der Waals surface area (Å²) in [6.07, 6.45) is 0. The smallest absolute Gasteiger partial charge is 0.338 e. The molecule has 0 aliphatic heterocycles. The number of aromatic hydroxyl groups is 1. The number of carbonyl (C=O) groups is 1. The maximum atomic E-state index is 11.8. The lowest BCUT2D eigenvalue weighted by Gasteiger charge is -2.06. The molecule has 2 aromatic carbocycles. The fraction of sp³-hybridized carbons (Fsp3) is 0.0714. The zero-order chi connectivity index (χ0) is 13.8. The van der Waals surface area contributed by atoms with Crippen molar-refractivity contribution in [3.63, 3.8) is 0 Å². The molecule has 0 aromatic heterocycles. The van der Waals surface area contributed by atoms with Crippen LogP contribution in [0.2, 0.25) is 5.02 Å². The van der Waals surface area contributed by atoms with Crippen LogP contribution in [-0.2, 0) is 11.3 Å². The molecule has 0 amide bonds. The molecule has 0 bridgehead atoms. The van der Waals surface area contributed by atoms with Gasteiger partial charge in [-0.1, -0.05) is 23.7 Å². The minimum Gasteiger partial charge on any atom is -0.508 e. The molecule has 0 unspecified atom stereocenters. The Morgan fingerprint density at radius 1 is 1.26 bits per heavy atom. The number of phenols is 1. The summed E-state index contributed by atoms with van der Waals surface area (Å²) in [7, 11) is 0. The van der Waals surface area contributed by atoms with Gasteiger partial charge in [0.25, 0.3) is 0 Å². The largest absolute Gasteiger partial charge is 0.508 e. The van der Waals surface area contributed by atoms with E-state index in [1.165, 1.54) is 18.2 Å². The Balaban J connectivity index is 2.05. The molecule has 98 valence electrons. The molecule has 0 saturated heterocycles. The van der Waals surface area contributed by atoms with E-state index in [1.54, 1.807) is 24.3 Å². The molecule has 19 heavy (non-hydrogen) atoms. The number of benzene rings is 2. The minimum atomic E-state index is -0.516. The van der Waals surface area contributed by atoms with Crippen LogP contribution >= 0.6 is 11.6 Å². The zero-order valence-electron chi connectivity index (χ0n) is 9.97. The van der Waals surface area contributed by atoms with Crippen LogP contribution in [0, 0.1) is 0 Å². The topological polar surface area (TPSA) is 72.6 Å². The lowest BCUT2D eigenvalue weighted by atomic mass is 10.2. The number of rotatable bonds is 3. The van der Waals surface area contributed by atoms with Crippen molar-refractivity contribution in [2.24, 2.45) is 0 Å². The number of hydrogen-bond acceptors (Lipinski definition) is 4. The van der Waals surface area contributed by atoms with Gasteiger partial charge in [0.05, 0.1) is 5.56 Å². The van der Waals surface area contributed by atoms with Crippen LogP contribution in [0.5, 0.6) is 5.75 Å². The summed E-state index contributed by atoms with van der Waals surface area (Å²) in [6, 6.07) is 11.0. The van der Waals surface area contributed by atoms with Crippen LogP contribution in [0.1, 0.15) is 15.9 Å². The summed E-state index contributed by atoms with van der Waals surface area (Å²) < 4.78 is 5.11. The average Bonchev–Trinajstić information content (AvgIpc) is 2.35. The fourth-order valence-corrected chi connectivity index (χ4v) is 1.85. The van der Waals surface area contributed by atoms with Crippen LogP contribution in [0.25, 0.3) is 0 Å². The first-order valence-electron chi connectivity index (χ1n) is 5.56. The van der Waals surface area contributed by atoms with Gasteiger partial charge in [-0.2, -0.15) is 0 Å². The second-order valence-electron chi connectivity index (χ2n) is 4.02. The summed E-state index contributed by atoms with van der Waals surface area (Å²) in [4.78, 5) is 11.8. The van der Waals surface area contributed by atoms with Gasteiger partial charge in [0, 0.05) is 10.7 Å². The molecule has 0 radical (unpaired) electrons. The van der Waals surface area contributed by atoms with Crippen molar-refractivity contribution in [3.05, 3.63) is 58.6 Å². The van der Waals surface area contributed by atoms with E-state index in [2.05, 4.69) is 0 Å². The third-order valence-electron chi connectivity index (χ3n) is 2.44. The molecule has 0 fully saturated rings.